The Morgan fingerprint density at radius 1 is 1.08 bits per heavy atom. The minimum absolute atomic E-state index is 0.00875. The first kappa shape index (κ1) is 19.4. The van der Waals surface area contributed by atoms with Gasteiger partial charge in [-0.2, -0.15) is 0 Å². The fourth-order valence-electron chi connectivity index (χ4n) is 2.65. The maximum atomic E-state index is 12.3. The van der Waals surface area contributed by atoms with Crippen LogP contribution < -0.4 is 10.0 Å². The number of amides is 1. The first-order valence-corrected chi connectivity index (χ1v) is 10.4. The molecule has 1 aromatic rings. The average molecular weight is 417 g/mol. The van der Waals surface area contributed by atoms with Crippen molar-refractivity contribution in [3.63, 3.8) is 0 Å². The lowest BCUT2D eigenvalue weighted by molar-refractivity contribution is -0.120. The number of carbonyl (C=O) groups excluding carboxylic acids is 1. The van der Waals surface area contributed by atoms with Crippen LogP contribution in [0.2, 0.25) is 0 Å². The molecule has 0 aliphatic heterocycles. The molecular weight excluding hydrogens is 392 g/mol. The first-order valence-electron chi connectivity index (χ1n) is 8.17. The molecule has 2 rings (SSSR count). The Hall–Kier alpha value is -0.920. The highest BCUT2D eigenvalue weighted by Gasteiger charge is 2.34. The molecule has 0 atom stereocenters. The van der Waals surface area contributed by atoms with Crippen LogP contribution in [0.15, 0.2) is 28.7 Å². The molecule has 134 valence electrons. The molecule has 0 radical (unpaired) electrons. The van der Waals surface area contributed by atoms with Gasteiger partial charge in [-0.3, -0.25) is 4.79 Å². The Kier molecular flexibility index (Phi) is 6.09. The molecule has 1 fully saturated rings. The Morgan fingerprint density at radius 3 is 2.12 bits per heavy atom. The number of anilines is 1. The standard InChI is InChI=1S/C17H25BrN2O3S/c1-17(2,3)24(22,23)20-15-8-4-12(5-9-15)16(21)19-14-10-6-13(18)7-11-14/h6-7,10-12,15,20H,4-5,8-9H2,1-3H3,(H,19,21). The second-order valence-corrected chi connectivity index (χ2v) is 10.7. The molecule has 0 saturated heterocycles. The van der Waals surface area contributed by atoms with E-state index in [4.69, 9.17) is 0 Å². The molecule has 0 spiro atoms. The van der Waals surface area contributed by atoms with Crippen molar-refractivity contribution in [3.8, 4) is 0 Å². The van der Waals surface area contributed by atoms with Crippen LogP contribution in [0, 0.1) is 5.92 Å². The van der Waals surface area contributed by atoms with Crippen LogP contribution in [-0.4, -0.2) is 25.1 Å². The van der Waals surface area contributed by atoms with Gasteiger partial charge in [0.1, 0.15) is 0 Å². The van der Waals surface area contributed by atoms with E-state index in [1.807, 2.05) is 24.3 Å². The van der Waals surface area contributed by atoms with Gasteiger partial charge in [-0.15, -0.1) is 0 Å². The lowest BCUT2D eigenvalue weighted by atomic mass is 9.86. The summed E-state index contributed by atoms with van der Waals surface area (Å²) in [5, 5.41) is 2.93. The fourth-order valence-corrected chi connectivity index (χ4v) is 3.94. The summed E-state index contributed by atoms with van der Waals surface area (Å²) in [5.41, 5.74) is 0.777. The zero-order valence-electron chi connectivity index (χ0n) is 14.3. The third-order valence-corrected chi connectivity index (χ3v) is 7.12. The predicted molar refractivity (Wildman–Crippen MR) is 100 cm³/mol. The zero-order chi connectivity index (χ0) is 18.0. The molecule has 1 saturated carbocycles. The summed E-state index contributed by atoms with van der Waals surface area (Å²) in [5.74, 6) is -0.0570. The summed E-state index contributed by atoms with van der Waals surface area (Å²) in [6.07, 6.45) is 2.76. The van der Waals surface area contributed by atoms with Crippen molar-refractivity contribution in [2.45, 2.75) is 57.2 Å². The number of carbonyl (C=O) groups is 1. The first-order chi connectivity index (χ1) is 11.1. The summed E-state index contributed by atoms with van der Waals surface area (Å²) in [6.45, 7) is 5.06. The minimum Gasteiger partial charge on any atom is -0.326 e. The minimum atomic E-state index is -3.34. The van der Waals surface area contributed by atoms with Gasteiger partial charge in [-0.1, -0.05) is 15.9 Å². The monoisotopic (exact) mass is 416 g/mol. The Morgan fingerprint density at radius 2 is 1.62 bits per heavy atom. The third kappa shape index (κ3) is 5.04. The Bertz CT molecular complexity index is 673. The topological polar surface area (TPSA) is 75.3 Å². The van der Waals surface area contributed by atoms with E-state index in [9.17, 15) is 13.2 Å². The van der Waals surface area contributed by atoms with Crippen LogP contribution in [0.3, 0.4) is 0 Å². The molecule has 2 N–H and O–H groups in total. The lowest BCUT2D eigenvalue weighted by Gasteiger charge is -2.30. The average Bonchev–Trinajstić information content (AvgIpc) is 2.49. The van der Waals surface area contributed by atoms with Crippen LogP contribution in [0.1, 0.15) is 46.5 Å². The summed E-state index contributed by atoms with van der Waals surface area (Å²) in [7, 11) is -3.34. The van der Waals surface area contributed by atoms with Crippen molar-refractivity contribution in [2.24, 2.45) is 5.92 Å². The van der Waals surface area contributed by atoms with Crippen molar-refractivity contribution >= 4 is 37.5 Å². The largest absolute Gasteiger partial charge is 0.326 e. The lowest BCUT2D eigenvalue weighted by Crippen LogP contribution is -2.46. The number of sulfonamides is 1. The van der Waals surface area contributed by atoms with Gasteiger partial charge in [0.2, 0.25) is 15.9 Å². The van der Waals surface area contributed by atoms with E-state index in [2.05, 4.69) is 26.0 Å². The van der Waals surface area contributed by atoms with Crippen molar-refractivity contribution < 1.29 is 13.2 Å². The van der Waals surface area contributed by atoms with Gasteiger partial charge in [-0.25, -0.2) is 13.1 Å². The molecule has 7 heteroatoms. The molecule has 0 aromatic heterocycles. The highest BCUT2D eigenvalue weighted by atomic mass is 79.9. The van der Waals surface area contributed by atoms with Crippen molar-refractivity contribution in [2.75, 3.05) is 5.32 Å². The van der Waals surface area contributed by atoms with Crippen molar-refractivity contribution in [3.05, 3.63) is 28.7 Å². The summed E-state index contributed by atoms with van der Waals surface area (Å²) < 4.78 is 27.4. The van der Waals surface area contributed by atoms with E-state index in [1.54, 1.807) is 20.8 Å². The quantitative estimate of drug-likeness (QED) is 0.785. The summed E-state index contributed by atoms with van der Waals surface area (Å²) in [6, 6.07) is 7.39. The Balaban J connectivity index is 1.86. The number of benzene rings is 1. The summed E-state index contributed by atoms with van der Waals surface area (Å²) >= 11 is 3.36. The van der Waals surface area contributed by atoms with Gasteiger partial charge in [0, 0.05) is 22.1 Å². The number of nitrogens with one attached hydrogen (secondary N) is 2. The third-order valence-electron chi connectivity index (χ3n) is 4.34. The van der Waals surface area contributed by atoms with Crippen LogP contribution in [0.5, 0.6) is 0 Å². The van der Waals surface area contributed by atoms with Crippen LogP contribution >= 0.6 is 15.9 Å². The SMILES string of the molecule is CC(C)(C)S(=O)(=O)NC1CCC(C(=O)Nc2ccc(Br)cc2)CC1. The highest BCUT2D eigenvalue weighted by Crippen LogP contribution is 2.27. The number of hydrogen-bond acceptors (Lipinski definition) is 3. The number of halogens is 1. The predicted octanol–water partition coefficient (Wildman–Crippen LogP) is 3.66. The van der Waals surface area contributed by atoms with E-state index >= 15 is 0 Å². The normalized spacial score (nSPS) is 22.2. The van der Waals surface area contributed by atoms with E-state index < -0.39 is 14.8 Å². The molecule has 0 bridgehead atoms. The maximum Gasteiger partial charge on any atom is 0.227 e. The van der Waals surface area contributed by atoms with Gasteiger partial charge < -0.3 is 5.32 Å². The van der Waals surface area contributed by atoms with Crippen LogP contribution in [0.25, 0.3) is 0 Å². The van der Waals surface area contributed by atoms with E-state index in [1.165, 1.54) is 0 Å². The molecule has 0 heterocycles. The second kappa shape index (κ2) is 7.54. The molecule has 1 amide bonds. The fraction of sp³-hybridized carbons (Fsp3) is 0.588. The molecule has 1 aliphatic carbocycles. The van der Waals surface area contributed by atoms with Crippen molar-refractivity contribution in [1.29, 1.82) is 0 Å². The molecular formula is C17H25BrN2O3S. The Labute approximate surface area is 152 Å². The molecule has 24 heavy (non-hydrogen) atoms. The molecule has 1 aliphatic rings. The van der Waals surface area contributed by atoms with Gasteiger partial charge in [0.25, 0.3) is 0 Å². The zero-order valence-corrected chi connectivity index (χ0v) is 16.7. The molecule has 1 aromatic carbocycles. The highest BCUT2D eigenvalue weighted by molar-refractivity contribution is 9.10. The van der Waals surface area contributed by atoms with Gasteiger partial charge in [0.05, 0.1) is 4.75 Å². The van der Waals surface area contributed by atoms with E-state index in [0.717, 1.165) is 10.2 Å². The van der Waals surface area contributed by atoms with Crippen molar-refractivity contribution in [1.82, 2.24) is 4.72 Å². The van der Waals surface area contributed by atoms with Gasteiger partial charge in [-0.05, 0) is 70.7 Å². The number of rotatable bonds is 4. The molecule has 5 nitrogen and oxygen atoms in total. The van der Waals surface area contributed by atoms with Gasteiger partial charge >= 0.3 is 0 Å². The smallest absolute Gasteiger partial charge is 0.227 e. The van der Waals surface area contributed by atoms with Gasteiger partial charge in [0.15, 0.2) is 0 Å². The molecule has 0 unspecified atom stereocenters. The summed E-state index contributed by atoms with van der Waals surface area (Å²) in [4.78, 5) is 12.3. The maximum absolute atomic E-state index is 12.3. The van der Waals surface area contributed by atoms with Crippen LogP contribution in [-0.2, 0) is 14.8 Å². The number of hydrogen-bond donors (Lipinski definition) is 2. The van der Waals surface area contributed by atoms with E-state index in [0.29, 0.717) is 25.7 Å². The van der Waals surface area contributed by atoms with Crippen LogP contribution in [0.4, 0.5) is 5.69 Å². The second-order valence-electron chi connectivity index (χ2n) is 7.28. The van der Waals surface area contributed by atoms with E-state index in [-0.39, 0.29) is 17.9 Å².